The first-order chi connectivity index (χ1) is 7.67. The molecule has 16 heavy (non-hydrogen) atoms. The predicted molar refractivity (Wildman–Crippen MR) is 59.6 cm³/mol. The zero-order valence-electron chi connectivity index (χ0n) is 9.43. The van der Waals surface area contributed by atoms with Gasteiger partial charge in [0.05, 0.1) is 7.11 Å². The Kier molecular flexibility index (Phi) is 4.72. The fourth-order valence-corrected chi connectivity index (χ4v) is 1.38. The van der Waals surface area contributed by atoms with Crippen LogP contribution < -0.4 is 10.1 Å². The second-order valence-corrected chi connectivity index (χ2v) is 3.43. The normalized spacial score (nSPS) is 12.1. The first-order valence-corrected chi connectivity index (χ1v) is 5.06. The van der Waals surface area contributed by atoms with Crippen LogP contribution in [-0.4, -0.2) is 36.3 Å². The number of carboxylic acids is 1. The highest BCUT2D eigenvalue weighted by Crippen LogP contribution is 2.09. The van der Waals surface area contributed by atoms with E-state index in [4.69, 9.17) is 9.84 Å². The number of pyridine rings is 1. The number of carbonyl (C=O) groups is 1. The largest absolute Gasteiger partial charge is 0.481 e. The minimum atomic E-state index is -0.830. The van der Waals surface area contributed by atoms with Crippen LogP contribution in [-0.2, 0) is 11.2 Å². The van der Waals surface area contributed by atoms with Crippen molar-refractivity contribution in [3.63, 3.8) is 0 Å². The van der Waals surface area contributed by atoms with Gasteiger partial charge in [-0.25, -0.2) is 4.98 Å². The summed E-state index contributed by atoms with van der Waals surface area (Å²) in [5, 5.41) is 11.6. The highest BCUT2D eigenvalue weighted by atomic mass is 16.5. The van der Waals surface area contributed by atoms with E-state index in [2.05, 4.69) is 10.3 Å². The van der Waals surface area contributed by atoms with Crippen molar-refractivity contribution in [3.05, 3.63) is 23.9 Å². The Morgan fingerprint density at radius 1 is 1.62 bits per heavy atom. The molecule has 5 nitrogen and oxygen atoms in total. The summed E-state index contributed by atoms with van der Waals surface area (Å²) in [6.45, 7) is 0. The quantitative estimate of drug-likeness (QED) is 0.744. The van der Waals surface area contributed by atoms with Crippen LogP contribution in [0.25, 0.3) is 0 Å². The van der Waals surface area contributed by atoms with Crippen molar-refractivity contribution in [1.82, 2.24) is 10.3 Å². The van der Waals surface area contributed by atoms with Crippen molar-refractivity contribution in [2.45, 2.75) is 18.9 Å². The summed E-state index contributed by atoms with van der Waals surface area (Å²) in [6, 6.07) is 3.15. The Balaban J connectivity index is 2.50. The van der Waals surface area contributed by atoms with Gasteiger partial charge in [0.25, 0.3) is 0 Å². The number of methoxy groups -OCH3 is 1. The Bertz CT molecular complexity index is 338. The van der Waals surface area contributed by atoms with E-state index in [9.17, 15) is 4.79 Å². The lowest BCUT2D eigenvalue weighted by molar-refractivity contribution is -0.139. The summed E-state index contributed by atoms with van der Waals surface area (Å²) in [6.07, 6.45) is 2.92. The Morgan fingerprint density at radius 3 is 2.81 bits per heavy atom. The van der Waals surface area contributed by atoms with Gasteiger partial charge in [0.2, 0.25) is 5.88 Å². The molecule has 0 saturated carbocycles. The molecule has 5 heteroatoms. The van der Waals surface area contributed by atoms with Gasteiger partial charge < -0.3 is 15.2 Å². The number of aryl methyl sites for hydroxylation is 1. The molecular weight excluding hydrogens is 208 g/mol. The Hall–Kier alpha value is -1.62. The van der Waals surface area contributed by atoms with E-state index >= 15 is 0 Å². The lowest BCUT2D eigenvalue weighted by Crippen LogP contribution is -2.34. The molecule has 1 rings (SSSR count). The molecule has 0 aliphatic rings. The molecule has 0 aromatic carbocycles. The van der Waals surface area contributed by atoms with Gasteiger partial charge in [0.15, 0.2) is 0 Å². The van der Waals surface area contributed by atoms with Crippen molar-refractivity contribution in [2.75, 3.05) is 14.2 Å². The summed E-state index contributed by atoms with van der Waals surface area (Å²) in [5.41, 5.74) is 1.00. The molecule has 0 spiro atoms. The molecule has 0 bridgehead atoms. The van der Waals surface area contributed by atoms with Gasteiger partial charge in [0, 0.05) is 12.3 Å². The smallest absolute Gasteiger partial charge is 0.320 e. The van der Waals surface area contributed by atoms with E-state index < -0.39 is 12.0 Å². The minimum Gasteiger partial charge on any atom is -0.481 e. The summed E-state index contributed by atoms with van der Waals surface area (Å²) in [4.78, 5) is 14.8. The highest BCUT2D eigenvalue weighted by molar-refractivity contribution is 5.73. The van der Waals surface area contributed by atoms with Crippen LogP contribution in [0, 0.1) is 0 Å². The summed E-state index contributed by atoms with van der Waals surface area (Å²) < 4.78 is 4.94. The monoisotopic (exact) mass is 224 g/mol. The zero-order chi connectivity index (χ0) is 12.0. The number of rotatable bonds is 6. The van der Waals surface area contributed by atoms with Gasteiger partial charge in [0.1, 0.15) is 6.04 Å². The molecule has 0 radical (unpaired) electrons. The average molecular weight is 224 g/mol. The Labute approximate surface area is 94.5 Å². The van der Waals surface area contributed by atoms with E-state index in [0.29, 0.717) is 18.7 Å². The lowest BCUT2D eigenvalue weighted by atomic mass is 10.1. The molecule has 0 saturated heterocycles. The molecule has 0 fully saturated rings. The number of hydrogen-bond donors (Lipinski definition) is 2. The van der Waals surface area contributed by atoms with Crippen molar-refractivity contribution in [3.8, 4) is 5.88 Å². The molecule has 1 heterocycles. The molecule has 0 amide bonds. The molecule has 88 valence electrons. The number of nitrogens with zero attached hydrogens (tertiary/aromatic N) is 1. The van der Waals surface area contributed by atoms with Crippen LogP contribution in [0.3, 0.4) is 0 Å². The lowest BCUT2D eigenvalue weighted by Gasteiger charge is -2.10. The molecule has 0 aliphatic heterocycles. The van der Waals surface area contributed by atoms with Crippen molar-refractivity contribution in [2.24, 2.45) is 0 Å². The van der Waals surface area contributed by atoms with Gasteiger partial charge in [-0.3, -0.25) is 4.79 Å². The van der Waals surface area contributed by atoms with Crippen LogP contribution in [0.2, 0.25) is 0 Å². The zero-order valence-corrected chi connectivity index (χ0v) is 9.43. The molecule has 1 aromatic heterocycles. The summed E-state index contributed by atoms with van der Waals surface area (Å²) in [7, 11) is 3.20. The number of likely N-dealkylation sites (N-methyl/N-ethyl adjacent to an activating group) is 1. The third kappa shape index (κ3) is 3.51. The van der Waals surface area contributed by atoms with E-state index in [-0.39, 0.29) is 0 Å². The molecule has 2 N–H and O–H groups in total. The minimum absolute atomic E-state index is 0.512. The standard InChI is InChI=1S/C11H16N2O3/c1-12-9(11(14)15)5-3-8-4-6-10(16-2)13-7-8/h4,6-7,9,12H,3,5H2,1-2H3,(H,14,15)/t9-/m0/s1. The van der Waals surface area contributed by atoms with E-state index in [1.807, 2.05) is 6.07 Å². The van der Waals surface area contributed by atoms with Crippen molar-refractivity contribution in [1.29, 1.82) is 0 Å². The van der Waals surface area contributed by atoms with Crippen LogP contribution in [0.4, 0.5) is 0 Å². The van der Waals surface area contributed by atoms with Crippen LogP contribution in [0.1, 0.15) is 12.0 Å². The molecule has 1 aromatic rings. The highest BCUT2D eigenvalue weighted by Gasteiger charge is 2.14. The number of hydrogen-bond acceptors (Lipinski definition) is 4. The Morgan fingerprint density at radius 2 is 2.38 bits per heavy atom. The maximum absolute atomic E-state index is 10.8. The third-order valence-corrected chi connectivity index (χ3v) is 2.37. The van der Waals surface area contributed by atoms with Crippen molar-refractivity contribution < 1.29 is 14.6 Å². The topological polar surface area (TPSA) is 71.5 Å². The predicted octanol–water partition coefficient (Wildman–Crippen LogP) is 0.695. The van der Waals surface area contributed by atoms with Crippen LogP contribution in [0.15, 0.2) is 18.3 Å². The number of carboxylic acid groups (broad SMARTS) is 1. The molecule has 0 aliphatic carbocycles. The van der Waals surface area contributed by atoms with Crippen LogP contribution >= 0.6 is 0 Å². The van der Waals surface area contributed by atoms with Gasteiger partial charge in [-0.15, -0.1) is 0 Å². The van der Waals surface area contributed by atoms with E-state index in [0.717, 1.165) is 5.56 Å². The van der Waals surface area contributed by atoms with E-state index in [1.165, 1.54) is 0 Å². The first-order valence-electron chi connectivity index (χ1n) is 5.06. The number of aromatic nitrogens is 1. The second kappa shape index (κ2) is 6.07. The molecule has 1 atom stereocenters. The molecule has 0 unspecified atom stereocenters. The maximum atomic E-state index is 10.8. The summed E-state index contributed by atoms with van der Waals surface area (Å²) in [5.74, 6) is -0.267. The average Bonchev–Trinajstić information content (AvgIpc) is 2.30. The van der Waals surface area contributed by atoms with Crippen LogP contribution in [0.5, 0.6) is 5.88 Å². The van der Waals surface area contributed by atoms with Crippen molar-refractivity contribution >= 4 is 5.97 Å². The fraction of sp³-hybridized carbons (Fsp3) is 0.455. The van der Waals surface area contributed by atoms with Gasteiger partial charge in [-0.2, -0.15) is 0 Å². The number of aliphatic carboxylic acids is 1. The summed E-state index contributed by atoms with van der Waals surface area (Å²) >= 11 is 0. The number of ether oxygens (including phenoxy) is 1. The first kappa shape index (κ1) is 12.4. The SMILES string of the molecule is CN[C@@H](CCc1ccc(OC)nc1)C(=O)O. The molecular formula is C11H16N2O3. The van der Waals surface area contributed by atoms with E-state index in [1.54, 1.807) is 26.4 Å². The third-order valence-electron chi connectivity index (χ3n) is 2.37. The fourth-order valence-electron chi connectivity index (χ4n) is 1.38. The van der Waals surface area contributed by atoms with Gasteiger partial charge in [-0.1, -0.05) is 6.07 Å². The number of nitrogens with one attached hydrogen (secondary N) is 1. The maximum Gasteiger partial charge on any atom is 0.320 e. The van der Waals surface area contributed by atoms with Gasteiger partial charge >= 0.3 is 5.97 Å². The second-order valence-electron chi connectivity index (χ2n) is 3.43. The van der Waals surface area contributed by atoms with Gasteiger partial charge in [-0.05, 0) is 25.5 Å².